The molecule has 33 heavy (non-hydrogen) atoms. The number of piperidine rings is 1. The fourth-order valence-electron chi connectivity index (χ4n) is 6.06. The summed E-state index contributed by atoms with van der Waals surface area (Å²) < 4.78 is 67.6. The summed E-state index contributed by atoms with van der Waals surface area (Å²) in [6.45, 7) is -0.501. The molecule has 0 aliphatic carbocycles. The van der Waals surface area contributed by atoms with Gasteiger partial charge in [-0.25, -0.2) is 4.39 Å². The van der Waals surface area contributed by atoms with Crippen LogP contribution in [0.4, 0.5) is 17.6 Å². The summed E-state index contributed by atoms with van der Waals surface area (Å²) in [6, 6.07) is 14.7. The van der Waals surface area contributed by atoms with Crippen LogP contribution in [0.15, 0.2) is 48.5 Å². The van der Waals surface area contributed by atoms with E-state index in [4.69, 9.17) is 9.47 Å². The van der Waals surface area contributed by atoms with E-state index in [0.29, 0.717) is 30.4 Å². The maximum Gasteiger partial charge on any atom is 0.573 e. The molecular weight excluding hydrogens is 438 g/mol. The third-order valence-corrected chi connectivity index (χ3v) is 7.39. The van der Waals surface area contributed by atoms with Gasteiger partial charge >= 0.3 is 6.36 Å². The quantitative estimate of drug-likeness (QED) is 0.563. The van der Waals surface area contributed by atoms with Gasteiger partial charge in [-0.05, 0) is 55.9 Å². The molecule has 0 radical (unpaired) electrons. The molecule has 3 heterocycles. The van der Waals surface area contributed by atoms with Crippen molar-refractivity contribution in [3.8, 4) is 11.5 Å². The topological polar surface area (TPSA) is 39.7 Å². The minimum atomic E-state index is -4.80. The second-order valence-electron chi connectivity index (χ2n) is 9.18. The predicted molar refractivity (Wildman–Crippen MR) is 114 cm³/mol. The van der Waals surface area contributed by atoms with Gasteiger partial charge in [0.25, 0.3) is 0 Å². The Morgan fingerprint density at radius 1 is 1.06 bits per heavy atom. The van der Waals surface area contributed by atoms with Gasteiger partial charge in [-0.2, -0.15) is 0 Å². The van der Waals surface area contributed by atoms with E-state index in [0.717, 1.165) is 25.7 Å². The van der Waals surface area contributed by atoms with E-state index in [1.807, 2.05) is 18.2 Å². The molecular formula is C25H27F4NO3. The van der Waals surface area contributed by atoms with Crippen LogP contribution in [-0.2, 0) is 10.3 Å². The fraction of sp³-hybridized carbons (Fsp3) is 0.520. The lowest BCUT2D eigenvalue weighted by atomic mass is 9.67. The lowest BCUT2D eigenvalue weighted by Gasteiger charge is -2.50. The summed E-state index contributed by atoms with van der Waals surface area (Å²) in [5.41, 5.74) is 0.914. The van der Waals surface area contributed by atoms with Crippen molar-refractivity contribution in [3.63, 3.8) is 0 Å². The normalized spacial score (nSPS) is 31.2. The van der Waals surface area contributed by atoms with Crippen LogP contribution in [0.2, 0.25) is 0 Å². The molecule has 0 saturated carbocycles. The molecule has 2 aromatic rings. The maximum absolute atomic E-state index is 12.8. The summed E-state index contributed by atoms with van der Waals surface area (Å²) in [5.74, 6) is -0.142. The molecule has 0 amide bonds. The molecule has 4 atom stereocenters. The van der Waals surface area contributed by atoms with Crippen molar-refractivity contribution in [3.05, 3.63) is 59.7 Å². The van der Waals surface area contributed by atoms with E-state index in [1.165, 1.54) is 23.8 Å². The van der Waals surface area contributed by atoms with Crippen LogP contribution in [0.1, 0.15) is 49.1 Å². The van der Waals surface area contributed by atoms with Crippen LogP contribution < -0.4 is 14.8 Å². The van der Waals surface area contributed by atoms with Gasteiger partial charge in [0.1, 0.15) is 24.8 Å². The van der Waals surface area contributed by atoms with E-state index < -0.39 is 18.6 Å². The molecule has 5 rings (SSSR count). The summed E-state index contributed by atoms with van der Waals surface area (Å²) in [6.07, 6.45) is -0.306. The van der Waals surface area contributed by atoms with Gasteiger partial charge in [0.05, 0.1) is 17.7 Å². The largest absolute Gasteiger partial charge is 0.573 e. The molecule has 3 fully saturated rings. The molecule has 3 aliphatic rings. The summed E-state index contributed by atoms with van der Waals surface area (Å²) >= 11 is 0. The number of fused-ring (bicyclic) bond motifs is 3. The Morgan fingerprint density at radius 3 is 2.61 bits per heavy atom. The summed E-state index contributed by atoms with van der Waals surface area (Å²) in [4.78, 5) is 0. The molecule has 0 aromatic heterocycles. The molecule has 178 valence electrons. The Hall–Kier alpha value is -2.32. The number of benzene rings is 2. The van der Waals surface area contributed by atoms with Crippen LogP contribution in [0, 0.1) is 0 Å². The fourth-order valence-corrected chi connectivity index (χ4v) is 6.06. The second-order valence-corrected chi connectivity index (χ2v) is 9.18. The average Bonchev–Trinajstić information content (AvgIpc) is 3.39. The van der Waals surface area contributed by atoms with E-state index in [-0.39, 0.29) is 23.8 Å². The van der Waals surface area contributed by atoms with Crippen molar-refractivity contribution >= 4 is 0 Å². The maximum atomic E-state index is 12.8. The number of alkyl halides is 4. The van der Waals surface area contributed by atoms with Crippen molar-refractivity contribution in [2.45, 2.75) is 61.6 Å². The summed E-state index contributed by atoms with van der Waals surface area (Å²) in [7, 11) is 0. The van der Waals surface area contributed by atoms with Gasteiger partial charge in [-0.15, -0.1) is 13.2 Å². The van der Waals surface area contributed by atoms with Crippen molar-refractivity contribution in [1.82, 2.24) is 5.32 Å². The number of rotatable bonds is 6. The van der Waals surface area contributed by atoms with Crippen LogP contribution in [-0.4, -0.2) is 37.9 Å². The lowest BCUT2D eigenvalue weighted by molar-refractivity contribution is -0.274. The molecule has 1 spiro atoms. The number of hydrogen-bond acceptors (Lipinski definition) is 4. The van der Waals surface area contributed by atoms with Gasteiger partial charge in [-0.3, -0.25) is 0 Å². The van der Waals surface area contributed by atoms with E-state index >= 15 is 0 Å². The standard InChI is InChI=1S/C25H27F4NO3/c26-12-13-31-22-7-6-20(33-25(27,28)29)14-21(22)17-15-23(32-16-17)10-8-19-9-11-24(23,30-19)18-4-2-1-3-5-18/h1-7,14,17,19,30H,8-13,15-16H2/t17-,19+,23-,24-/m1/s1. The number of ether oxygens (including phenoxy) is 3. The minimum absolute atomic E-state index is 0.164. The predicted octanol–water partition coefficient (Wildman–Crippen LogP) is 5.62. The highest BCUT2D eigenvalue weighted by atomic mass is 19.4. The van der Waals surface area contributed by atoms with Crippen LogP contribution in [0.5, 0.6) is 11.5 Å². The number of nitrogens with one attached hydrogen (secondary N) is 1. The zero-order valence-electron chi connectivity index (χ0n) is 18.2. The number of halogens is 4. The monoisotopic (exact) mass is 465 g/mol. The average molecular weight is 465 g/mol. The Labute approximate surface area is 190 Å². The van der Waals surface area contributed by atoms with Gasteiger partial charge in [0, 0.05) is 17.5 Å². The minimum Gasteiger partial charge on any atom is -0.491 e. The van der Waals surface area contributed by atoms with Crippen molar-refractivity contribution in [2.75, 3.05) is 19.9 Å². The first kappa shape index (κ1) is 22.5. The Bertz CT molecular complexity index is 985. The molecule has 3 aliphatic heterocycles. The first-order valence-corrected chi connectivity index (χ1v) is 11.4. The van der Waals surface area contributed by atoms with E-state index in [1.54, 1.807) is 0 Å². The third kappa shape index (κ3) is 4.08. The SMILES string of the molecule is FCCOc1ccc(OC(F)(F)F)cc1[C@H]1CO[C@]2(CC[C@H]3CC[C@]2(c2ccccc2)N3)C1. The number of hydrogen-bond donors (Lipinski definition) is 1. The highest BCUT2D eigenvalue weighted by Crippen LogP contribution is 2.58. The van der Waals surface area contributed by atoms with Crippen molar-refractivity contribution in [2.24, 2.45) is 0 Å². The van der Waals surface area contributed by atoms with Gasteiger partial charge < -0.3 is 19.5 Å². The molecule has 2 aromatic carbocycles. The van der Waals surface area contributed by atoms with E-state index in [9.17, 15) is 17.6 Å². The summed E-state index contributed by atoms with van der Waals surface area (Å²) in [5, 5.41) is 3.84. The van der Waals surface area contributed by atoms with Gasteiger partial charge in [0.2, 0.25) is 0 Å². The Kier molecular flexibility index (Phi) is 5.77. The van der Waals surface area contributed by atoms with Gasteiger partial charge in [0.15, 0.2) is 0 Å². The second kappa shape index (κ2) is 8.47. The highest BCUT2D eigenvalue weighted by Gasteiger charge is 2.62. The first-order chi connectivity index (χ1) is 15.8. The Morgan fingerprint density at radius 2 is 1.85 bits per heavy atom. The molecule has 8 heteroatoms. The Balaban J connectivity index is 1.49. The van der Waals surface area contributed by atoms with E-state index in [2.05, 4.69) is 22.2 Å². The first-order valence-electron chi connectivity index (χ1n) is 11.4. The molecule has 1 N–H and O–H groups in total. The van der Waals surface area contributed by atoms with Crippen molar-refractivity contribution < 1.29 is 31.8 Å². The van der Waals surface area contributed by atoms with Crippen LogP contribution in [0.25, 0.3) is 0 Å². The lowest BCUT2D eigenvalue weighted by Crippen LogP contribution is -2.61. The van der Waals surface area contributed by atoms with Crippen LogP contribution in [0.3, 0.4) is 0 Å². The highest BCUT2D eigenvalue weighted by molar-refractivity contribution is 5.44. The van der Waals surface area contributed by atoms with Gasteiger partial charge in [-0.1, -0.05) is 30.3 Å². The third-order valence-electron chi connectivity index (χ3n) is 7.39. The molecule has 3 saturated heterocycles. The van der Waals surface area contributed by atoms with Crippen LogP contribution >= 0.6 is 0 Å². The van der Waals surface area contributed by atoms with Crippen molar-refractivity contribution in [1.29, 1.82) is 0 Å². The smallest absolute Gasteiger partial charge is 0.491 e. The zero-order chi connectivity index (χ0) is 23.1. The zero-order valence-corrected chi connectivity index (χ0v) is 18.2. The molecule has 2 bridgehead atoms. The molecule has 4 nitrogen and oxygen atoms in total. The molecule has 0 unspecified atom stereocenters.